The van der Waals surface area contributed by atoms with E-state index in [1.165, 1.54) is 6.08 Å². The van der Waals surface area contributed by atoms with Crippen molar-refractivity contribution in [2.75, 3.05) is 5.32 Å². The van der Waals surface area contributed by atoms with E-state index >= 15 is 0 Å². The zero-order chi connectivity index (χ0) is 15.4. The van der Waals surface area contributed by atoms with Crippen LogP contribution >= 0.6 is 38.5 Å². The average molecular weight is 457 g/mol. The average Bonchev–Trinajstić information content (AvgIpc) is 2.77. The minimum absolute atomic E-state index is 0.0177. The number of nitriles is 1. The number of carbonyl (C=O) groups excluding carboxylic acids is 1. The second-order valence-corrected chi connectivity index (χ2v) is 6.04. The van der Waals surface area contributed by atoms with Gasteiger partial charge in [0, 0.05) is 34.4 Å². The maximum Gasteiger partial charge on any atom is 0.266 e. The SMILES string of the molecule is Cc1ccccc1NC(=O)C(C#N)=Cc1cc(Br)c(I)o1. The first kappa shape index (κ1) is 15.8. The van der Waals surface area contributed by atoms with E-state index < -0.39 is 5.91 Å². The second kappa shape index (κ2) is 6.91. The number of anilines is 1. The molecule has 0 saturated carbocycles. The number of hydrogen-bond acceptors (Lipinski definition) is 3. The summed E-state index contributed by atoms with van der Waals surface area (Å²) in [5.74, 6) is -0.0166. The Morgan fingerprint density at radius 3 is 2.76 bits per heavy atom. The molecular formula is C15H10BrIN2O2. The van der Waals surface area contributed by atoms with E-state index in [0.29, 0.717) is 15.2 Å². The largest absolute Gasteiger partial charge is 0.450 e. The molecule has 0 fully saturated rings. The first-order valence-corrected chi connectivity index (χ1v) is 7.82. The number of rotatable bonds is 3. The maximum absolute atomic E-state index is 12.1. The predicted octanol–water partition coefficient (Wildman–Crippen LogP) is 4.50. The molecule has 0 unspecified atom stereocenters. The molecule has 0 bridgehead atoms. The molecule has 0 atom stereocenters. The summed E-state index contributed by atoms with van der Waals surface area (Å²) in [4.78, 5) is 12.1. The van der Waals surface area contributed by atoms with E-state index in [9.17, 15) is 4.79 Å². The highest BCUT2D eigenvalue weighted by atomic mass is 127. The van der Waals surface area contributed by atoms with Gasteiger partial charge in [0.2, 0.25) is 0 Å². The molecule has 1 aromatic heterocycles. The van der Waals surface area contributed by atoms with Gasteiger partial charge in [0.05, 0.1) is 4.47 Å². The molecule has 0 aliphatic rings. The summed E-state index contributed by atoms with van der Waals surface area (Å²) in [6.45, 7) is 1.89. The van der Waals surface area contributed by atoms with Crippen LogP contribution in [-0.2, 0) is 4.79 Å². The van der Waals surface area contributed by atoms with Crippen molar-refractivity contribution in [3.63, 3.8) is 0 Å². The quantitative estimate of drug-likeness (QED) is 0.420. The van der Waals surface area contributed by atoms with Crippen LogP contribution in [0.25, 0.3) is 6.08 Å². The molecule has 1 aromatic carbocycles. The van der Waals surface area contributed by atoms with Crippen molar-refractivity contribution in [2.45, 2.75) is 6.92 Å². The number of nitrogens with one attached hydrogen (secondary N) is 1. The van der Waals surface area contributed by atoms with Crippen molar-refractivity contribution in [3.05, 3.63) is 55.5 Å². The molecule has 6 heteroatoms. The summed E-state index contributed by atoms with van der Waals surface area (Å²) in [6, 6.07) is 11.0. The highest BCUT2D eigenvalue weighted by molar-refractivity contribution is 14.1. The molecule has 0 saturated heterocycles. The summed E-state index contributed by atoms with van der Waals surface area (Å²) in [7, 11) is 0. The number of hydrogen-bond donors (Lipinski definition) is 1. The van der Waals surface area contributed by atoms with Crippen molar-refractivity contribution >= 4 is 56.2 Å². The third-order valence-electron chi connectivity index (χ3n) is 2.71. The lowest BCUT2D eigenvalue weighted by Gasteiger charge is -2.06. The van der Waals surface area contributed by atoms with E-state index in [1.807, 2.05) is 53.8 Å². The van der Waals surface area contributed by atoms with Crippen molar-refractivity contribution in [1.29, 1.82) is 5.26 Å². The molecule has 0 radical (unpaired) electrons. The highest BCUT2D eigenvalue weighted by Crippen LogP contribution is 2.24. The Balaban J connectivity index is 2.24. The number of halogens is 2. The van der Waals surface area contributed by atoms with Crippen LogP contribution in [0.5, 0.6) is 0 Å². The number of benzene rings is 1. The Morgan fingerprint density at radius 2 is 2.19 bits per heavy atom. The van der Waals surface area contributed by atoms with Crippen molar-refractivity contribution < 1.29 is 9.21 Å². The van der Waals surface area contributed by atoms with Crippen LogP contribution in [0.4, 0.5) is 5.69 Å². The monoisotopic (exact) mass is 456 g/mol. The number of aryl methyl sites for hydroxylation is 1. The highest BCUT2D eigenvalue weighted by Gasteiger charge is 2.12. The predicted molar refractivity (Wildman–Crippen MR) is 92.5 cm³/mol. The van der Waals surface area contributed by atoms with Gasteiger partial charge in [0.1, 0.15) is 17.4 Å². The molecule has 4 nitrogen and oxygen atoms in total. The van der Waals surface area contributed by atoms with Crippen LogP contribution in [0.2, 0.25) is 0 Å². The summed E-state index contributed by atoms with van der Waals surface area (Å²) in [5.41, 5.74) is 1.59. The van der Waals surface area contributed by atoms with Crippen LogP contribution in [0.15, 0.2) is 44.8 Å². The fourth-order valence-electron chi connectivity index (χ4n) is 1.63. The summed E-state index contributed by atoms with van der Waals surface area (Å²) in [6.07, 6.45) is 1.42. The third kappa shape index (κ3) is 3.95. The van der Waals surface area contributed by atoms with Gasteiger partial charge in [-0.1, -0.05) is 18.2 Å². The van der Waals surface area contributed by atoms with Crippen LogP contribution in [0.1, 0.15) is 11.3 Å². The summed E-state index contributed by atoms with van der Waals surface area (Å²) < 4.78 is 6.85. The lowest BCUT2D eigenvalue weighted by molar-refractivity contribution is -0.112. The molecule has 1 amide bonds. The molecule has 0 spiro atoms. The Kier molecular flexibility index (Phi) is 5.20. The van der Waals surface area contributed by atoms with E-state index in [1.54, 1.807) is 12.1 Å². The van der Waals surface area contributed by atoms with Crippen LogP contribution in [-0.4, -0.2) is 5.91 Å². The number of amides is 1. The fourth-order valence-corrected chi connectivity index (χ4v) is 2.34. The van der Waals surface area contributed by atoms with Gasteiger partial charge >= 0.3 is 0 Å². The van der Waals surface area contributed by atoms with Crippen molar-refractivity contribution in [3.8, 4) is 6.07 Å². The smallest absolute Gasteiger partial charge is 0.266 e. The van der Waals surface area contributed by atoms with Gasteiger partial charge in [-0.2, -0.15) is 5.26 Å². The van der Waals surface area contributed by atoms with Gasteiger partial charge in [0.25, 0.3) is 5.91 Å². The number of nitrogens with zero attached hydrogens (tertiary/aromatic N) is 1. The van der Waals surface area contributed by atoms with E-state index in [4.69, 9.17) is 9.68 Å². The van der Waals surface area contributed by atoms with Crippen molar-refractivity contribution in [2.24, 2.45) is 0 Å². The molecule has 1 N–H and O–H groups in total. The fraction of sp³-hybridized carbons (Fsp3) is 0.0667. The molecule has 21 heavy (non-hydrogen) atoms. The number of furan rings is 1. The zero-order valence-corrected chi connectivity index (χ0v) is 14.7. The lowest BCUT2D eigenvalue weighted by Crippen LogP contribution is -2.14. The maximum atomic E-state index is 12.1. The van der Waals surface area contributed by atoms with Gasteiger partial charge in [-0.05, 0) is 40.5 Å². The Bertz CT molecular complexity index is 740. The first-order chi connectivity index (χ1) is 10.0. The number of carbonyl (C=O) groups is 1. The van der Waals surface area contributed by atoms with Gasteiger partial charge < -0.3 is 9.73 Å². The minimum atomic E-state index is -0.464. The van der Waals surface area contributed by atoms with Gasteiger partial charge in [-0.15, -0.1) is 0 Å². The van der Waals surface area contributed by atoms with Crippen LogP contribution in [0.3, 0.4) is 0 Å². The summed E-state index contributed by atoms with van der Waals surface area (Å²) in [5, 5.41) is 11.9. The number of para-hydroxylation sites is 1. The lowest BCUT2D eigenvalue weighted by atomic mass is 10.2. The Morgan fingerprint density at radius 1 is 1.48 bits per heavy atom. The molecular weight excluding hydrogens is 447 g/mol. The third-order valence-corrected chi connectivity index (χ3v) is 4.84. The first-order valence-electron chi connectivity index (χ1n) is 5.95. The van der Waals surface area contributed by atoms with Gasteiger partial charge in [0.15, 0.2) is 3.77 Å². The molecule has 2 aromatic rings. The van der Waals surface area contributed by atoms with E-state index in [0.717, 1.165) is 10.0 Å². The standard InChI is InChI=1S/C15H10BrIN2O2/c1-9-4-2-3-5-13(9)19-15(20)10(8-18)6-11-7-12(16)14(17)21-11/h2-7H,1H3,(H,19,20). The Hall–Kier alpha value is -1.59. The van der Waals surface area contributed by atoms with Crippen LogP contribution < -0.4 is 5.32 Å². The molecule has 2 rings (SSSR count). The molecule has 0 aliphatic carbocycles. The zero-order valence-electron chi connectivity index (χ0n) is 11.0. The molecule has 0 aliphatic heterocycles. The van der Waals surface area contributed by atoms with E-state index in [2.05, 4.69) is 21.2 Å². The normalized spacial score (nSPS) is 11.0. The van der Waals surface area contributed by atoms with E-state index in [-0.39, 0.29) is 5.57 Å². The van der Waals surface area contributed by atoms with Gasteiger partial charge in [-0.25, -0.2) is 0 Å². The molecule has 1 heterocycles. The minimum Gasteiger partial charge on any atom is -0.450 e. The van der Waals surface area contributed by atoms with Gasteiger partial charge in [-0.3, -0.25) is 4.79 Å². The second-order valence-electron chi connectivity index (χ2n) is 4.21. The molecule has 106 valence electrons. The topological polar surface area (TPSA) is 66.0 Å². The van der Waals surface area contributed by atoms with Crippen molar-refractivity contribution in [1.82, 2.24) is 0 Å². The summed E-state index contributed by atoms with van der Waals surface area (Å²) >= 11 is 5.33. The Labute approximate surface area is 144 Å². The van der Waals surface area contributed by atoms with Crippen LogP contribution in [0, 0.1) is 22.0 Å².